The Morgan fingerprint density at radius 3 is 2.31 bits per heavy atom. The molecule has 0 fully saturated rings. The van der Waals surface area contributed by atoms with Crippen molar-refractivity contribution in [2.24, 2.45) is 0 Å². The molecule has 0 aliphatic heterocycles. The highest BCUT2D eigenvalue weighted by molar-refractivity contribution is 7.89. The number of benzene rings is 3. The minimum Gasteiger partial charge on any atom is -0.483 e. The zero-order valence-electron chi connectivity index (χ0n) is 20.1. The molecule has 0 spiro atoms. The first-order valence-electron chi connectivity index (χ1n) is 11.3. The van der Waals surface area contributed by atoms with Gasteiger partial charge in [0.2, 0.25) is 0 Å². The van der Waals surface area contributed by atoms with Crippen molar-refractivity contribution in [3.63, 3.8) is 0 Å². The number of carbonyl (C=O) groups is 1. The third kappa shape index (κ3) is 5.48. The Hall–Kier alpha value is -3.95. The number of nitrogens with one attached hydrogen (secondary N) is 2. The van der Waals surface area contributed by atoms with Gasteiger partial charge in [-0.1, -0.05) is 48.0 Å². The fourth-order valence-corrected chi connectivity index (χ4v) is 4.67. The minimum atomic E-state index is -3.92. The van der Waals surface area contributed by atoms with Crippen molar-refractivity contribution in [3.05, 3.63) is 105 Å². The van der Waals surface area contributed by atoms with Gasteiger partial charge in [-0.05, 0) is 56.2 Å². The molecule has 0 aliphatic carbocycles. The summed E-state index contributed by atoms with van der Waals surface area (Å²) in [6.45, 7) is 5.01. The van der Waals surface area contributed by atoms with E-state index in [1.807, 2.05) is 49.0 Å². The van der Waals surface area contributed by atoms with Gasteiger partial charge in [-0.3, -0.25) is 10.2 Å². The van der Waals surface area contributed by atoms with Crippen LogP contribution in [0.4, 0.5) is 0 Å². The van der Waals surface area contributed by atoms with Gasteiger partial charge in [0.05, 0.1) is 4.90 Å². The molecule has 9 heteroatoms. The molecule has 186 valence electrons. The highest BCUT2D eigenvalue weighted by Gasteiger charge is 2.18. The van der Waals surface area contributed by atoms with E-state index in [0.717, 1.165) is 22.1 Å². The van der Waals surface area contributed by atoms with Crippen LogP contribution in [0.25, 0.3) is 11.0 Å². The van der Waals surface area contributed by atoms with Crippen LogP contribution >= 0.6 is 0 Å². The van der Waals surface area contributed by atoms with Gasteiger partial charge in [0.15, 0.2) is 6.61 Å². The molecule has 0 saturated carbocycles. The van der Waals surface area contributed by atoms with E-state index in [0.29, 0.717) is 28.9 Å². The lowest BCUT2D eigenvalue weighted by Gasteiger charge is -2.14. The Labute approximate surface area is 208 Å². The van der Waals surface area contributed by atoms with Gasteiger partial charge in [0, 0.05) is 22.9 Å². The second-order valence-corrected chi connectivity index (χ2v) is 10.2. The average Bonchev–Trinajstić information content (AvgIpc) is 2.86. The molecule has 0 aliphatic rings. The highest BCUT2D eigenvalue weighted by Crippen LogP contribution is 2.30. The summed E-state index contributed by atoms with van der Waals surface area (Å²) >= 11 is 0. The number of sulfonamides is 1. The molecule has 0 radical (unpaired) electrons. The van der Waals surface area contributed by atoms with Gasteiger partial charge < -0.3 is 9.15 Å². The molecule has 0 atom stereocenters. The van der Waals surface area contributed by atoms with Gasteiger partial charge in [0.25, 0.3) is 15.9 Å². The second-order valence-electron chi connectivity index (χ2n) is 8.48. The van der Waals surface area contributed by atoms with Crippen molar-refractivity contribution < 1.29 is 22.4 Å². The number of hydrogen-bond donors (Lipinski definition) is 2. The normalized spacial score (nSPS) is 11.4. The van der Waals surface area contributed by atoms with E-state index < -0.39 is 28.2 Å². The molecule has 4 aromatic rings. The third-order valence-corrected chi connectivity index (χ3v) is 7.16. The molecular formula is C27H26N2O6S. The van der Waals surface area contributed by atoms with Crippen molar-refractivity contribution in [1.29, 1.82) is 0 Å². The van der Waals surface area contributed by atoms with Gasteiger partial charge in [-0.15, -0.1) is 4.83 Å². The van der Waals surface area contributed by atoms with Crippen LogP contribution < -0.4 is 20.6 Å². The van der Waals surface area contributed by atoms with Crippen LogP contribution in [0.2, 0.25) is 0 Å². The van der Waals surface area contributed by atoms with Crippen LogP contribution in [0.5, 0.6) is 5.75 Å². The monoisotopic (exact) mass is 506 g/mol. The minimum absolute atomic E-state index is 0.0247. The number of rotatable bonds is 8. The predicted molar refractivity (Wildman–Crippen MR) is 136 cm³/mol. The summed E-state index contributed by atoms with van der Waals surface area (Å²) < 4.78 is 35.9. The van der Waals surface area contributed by atoms with Crippen molar-refractivity contribution in [2.75, 3.05) is 6.61 Å². The molecule has 1 amide bonds. The van der Waals surface area contributed by atoms with E-state index in [4.69, 9.17) is 9.15 Å². The predicted octanol–water partition coefficient (Wildman–Crippen LogP) is 3.70. The quantitative estimate of drug-likeness (QED) is 0.278. The Balaban J connectivity index is 1.46. The zero-order valence-corrected chi connectivity index (χ0v) is 20.9. The molecule has 4 rings (SSSR count). The summed E-state index contributed by atoms with van der Waals surface area (Å²) in [4.78, 5) is 27.1. The van der Waals surface area contributed by atoms with E-state index >= 15 is 0 Å². The van der Waals surface area contributed by atoms with Gasteiger partial charge in [-0.2, -0.15) is 0 Å². The lowest BCUT2D eigenvalue weighted by atomic mass is 9.98. The fourth-order valence-electron chi connectivity index (χ4n) is 3.81. The summed E-state index contributed by atoms with van der Waals surface area (Å²) in [5.74, 6) is -0.349. The fraction of sp³-hybridized carbons (Fsp3) is 0.185. The van der Waals surface area contributed by atoms with E-state index in [9.17, 15) is 18.0 Å². The Bertz CT molecular complexity index is 1580. The molecule has 8 nitrogen and oxygen atoms in total. The molecule has 2 N–H and O–H groups in total. The number of aryl methyl sites for hydroxylation is 3. The largest absolute Gasteiger partial charge is 0.483 e. The number of carbonyl (C=O) groups excluding carboxylic acids is 1. The molecule has 0 bridgehead atoms. The highest BCUT2D eigenvalue weighted by atomic mass is 32.2. The molecule has 3 aromatic carbocycles. The number of ether oxygens (including phenoxy) is 1. The number of amides is 1. The first-order valence-corrected chi connectivity index (χ1v) is 12.7. The molecule has 36 heavy (non-hydrogen) atoms. The van der Waals surface area contributed by atoms with E-state index in [-0.39, 0.29) is 4.90 Å². The number of hydrazine groups is 1. The molecule has 1 heterocycles. The summed E-state index contributed by atoms with van der Waals surface area (Å²) in [5, 5.41) is 0.778. The first-order chi connectivity index (χ1) is 17.2. The smallest absolute Gasteiger partial charge is 0.340 e. The molecular weight excluding hydrogens is 480 g/mol. The van der Waals surface area contributed by atoms with Crippen molar-refractivity contribution >= 4 is 26.9 Å². The number of fused-ring (bicyclic) bond motifs is 1. The topological polar surface area (TPSA) is 115 Å². The van der Waals surface area contributed by atoms with E-state index in [1.54, 1.807) is 31.2 Å². The number of hydrogen-bond acceptors (Lipinski definition) is 6. The van der Waals surface area contributed by atoms with Crippen molar-refractivity contribution in [1.82, 2.24) is 10.3 Å². The Kier molecular flexibility index (Phi) is 7.23. The van der Waals surface area contributed by atoms with E-state index in [2.05, 4.69) is 5.43 Å². The van der Waals surface area contributed by atoms with Gasteiger partial charge >= 0.3 is 5.63 Å². The van der Waals surface area contributed by atoms with Crippen molar-refractivity contribution in [3.8, 4) is 5.75 Å². The van der Waals surface area contributed by atoms with E-state index in [1.165, 1.54) is 12.1 Å². The van der Waals surface area contributed by atoms with Crippen LogP contribution in [0.3, 0.4) is 0 Å². The van der Waals surface area contributed by atoms with Crippen LogP contribution in [-0.2, 0) is 21.2 Å². The maximum absolute atomic E-state index is 12.8. The zero-order chi connectivity index (χ0) is 25.9. The van der Waals surface area contributed by atoms with Crippen LogP contribution in [-0.4, -0.2) is 20.9 Å². The maximum atomic E-state index is 12.8. The summed E-state index contributed by atoms with van der Waals surface area (Å²) in [5.41, 5.74) is 5.98. The molecule has 0 unspecified atom stereocenters. The summed E-state index contributed by atoms with van der Waals surface area (Å²) in [6, 6.07) is 19.4. The summed E-state index contributed by atoms with van der Waals surface area (Å²) in [6.07, 6.45) is 0.459. The maximum Gasteiger partial charge on any atom is 0.340 e. The van der Waals surface area contributed by atoms with Crippen LogP contribution in [0, 0.1) is 20.8 Å². The second kappa shape index (κ2) is 10.3. The molecule has 1 aromatic heterocycles. The summed E-state index contributed by atoms with van der Waals surface area (Å²) in [7, 11) is -3.92. The third-order valence-electron chi connectivity index (χ3n) is 5.89. The van der Waals surface area contributed by atoms with Crippen LogP contribution in [0.1, 0.15) is 27.8 Å². The molecule has 0 saturated heterocycles. The Morgan fingerprint density at radius 1 is 0.917 bits per heavy atom. The standard InChI is InChI=1S/C27H26N2O6S/c1-17-9-11-21(12-10-17)36(32,33)29-28-25(30)16-34-24-14-13-22-18(2)23(15-20-7-5-4-6-8-20)27(31)35-26(22)19(24)3/h4-14,29H,15-16H2,1-3H3,(H,28,30). The average molecular weight is 507 g/mol. The first kappa shape index (κ1) is 25.2. The van der Waals surface area contributed by atoms with Crippen molar-refractivity contribution in [2.45, 2.75) is 32.1 Å². The van der Waals surface area contributed by atoms with Gasteiger partial charge in [-0.25, -0.2) is 13.2 Å². The lowest BCUT2D eigenvalue weighted by molar-refractivity contribution is -0.123. The van der Waals surface area contributed by atoms with Gasteiger partial charge in [0.1, 0.15) is 11.3 Å². The van der Waals surface area contributed by atoms with Crippen LogP contribution in [0.15, 0.2) is 80.8 Å². The lowest BCUT2D eigenvalue weighted by Crippen LogP contribution is -2.43. The SMILES string of the molecule is Cc1ccc(S(=O)(=O)NNC(=O)COc2ccc3c(C)c(Cc4ccccc4)c(=O)oc3c2C)cc1. The Morgan fingerprint density at radius 2 is 1.61 bits per heavy atom.